The first kappa shape index (κ1) is 32.2. The molecule has 0 unspecified atom stereocenters. The zero-order valence-electron chi connectivity index (χ0n) is 21.8. The van der Waals surface area contributed by atoms with E-state index in [2.05, 4.69) is 19.1 Å². The quantitative estimate of drug-likeness (QED) is 0.206. The minimum Gasteiger partial charge on any atom is -0.295 e. The predicted molar refractivity (Wildman–Crippen MR) is 160 cm³/mol. The predicted octanol–water partition coefficient (Wildman–Crippen LogP) is 10.0. The molecule has 196 valence electrons. The molecule has 1 aromatic heterocycles. The van der Waals surface area contributed by atoms with Gasteiger partial charge in [-0.1, -0.05) is 108 Å². The highest BCUT2D eigenvalue weighted by molar-refractivity contribution is 7.12. The second-order valence-corrected chi connectivity index (χ2v) is 9.09. The Labute approximate surface area is 234 Å². The standard InChI is InChI=1S/C8H7FO.C7H8.C6H5Cl.C6H6OS.C6H6/c1-6(10)7-2-4-8(9)5-3-7;1-7-5-3-2-4-6-7;7-6-4-2-1-3-5-6;1-5(7)6-3-2-4-8-6;1-2-4-6-5-3-1/h2-5H,1H3;2-6H,1H3;1-5H;2-4H,1H3;1-6H. The Hall–Kier alpha value is -3.86. The van der Waals surface area contributed by atoms with Crippen molar-refractivity contribution in [3.63, 3.8) is 0 Å². The Morgan fingerprint density at radius 1 is 0.605 bits per heavy atom. The molecule has 0 atom stereocenters. The topological polar surface area (TPSA) is 34.1 Å². The molecule has 1 heterocycles. The number of carbonyl (C=O) groups excluding carboxylic acids is 2. The van der Waals surface area contributed by atoms with Gasteiger partial charge in [0.15, 0.2) is 11.6 Å². The summed E-state index contributed by atoms with van der Waals surface area (Å²) in [5.41, 5.74) is 1.86. The van der Waals surface area contributed by atoms with Gasteiger partial charge in [0.25, 0.3) is 0 Å². The van der Waals surface area contributed by atoms with Crippen LogP contribution in [-0.4, -0.2) is 11.6 Å². The molecule has 4 aromatic carbocycles. The fourth-order valence-electron chi connectivity index (χ4n) is 2.50. The fraction of sp³-hybridized carbons (Fsp3) is 0.0909. The lowest BCUT2D eigenvalue weighted by Crippen LogP contribution is -1.90. The summed E-state index contributed by atoms with van der Waals surface area (Å²) in [7, 11) is 0. The van der Waals surface area contributed by atoms with E-state index < -0.39 is 0 Å². The number of ketones is 2. The summed E-state index contributed by atoms with van der Waals surface area (Å²) in [4.78, 5) is 22.0. The maximum atomic E-state index is 12.2. The van der Waals surface area contributed by atoms with Gasteiger partial charge in [-0.25, -0.2) is 4.39 Å². The molecule has 0 saturated carbocycles. The highest BCUT2D eigenvalue weighted by Gasteiger charge is 1.97. The van der Waals surface area contributed by atoms with E-state index in [4.69, 9.17) is 11.6 Å². The number of rotatable bonds is 2. The molecule has 0 aliphatic rings. The highest BCUT2D eigenvalue weighted by Crippen LogP contribution is 2.07. The van der Waals surface area contributed by atoms with Gasteiger partial charge >= 0.3 is 0 Å². The van der Waals surface area contributed by atoms with E-state index >= 15 is 0 Å². The summed E-state index contributed by atoms with van der Waals surface area (Å²) >= 11 is 7.02. The number of Topliss-reactive ketones (excluding diaryl/α,β-unsaturated/α-hetero) is 2. The smallest absolute Gasteiger partial charge is 0.169 e. The molecular formula is C33H32ClFO2S. The third kappa shape index (κ3) is 16.7. The van der Waals surface area contributed by atoms with Gasteiger partial charge in [0.05, 0.1) is 4.88 Å². The van der Waals surface area contributed by atoms with Crippen molar-refractivity contribution in [1.82, 2.24) is 0 Å². The number of thiophene rings is 1. The molecule has 0 aliphatic carbocycles. The maximum absolute atomic E-state index is 12.2. The van der Waals surface area contributed by atoms with Crippen molar-refractivity contribution in [2.45, 2.75) is 20.8 Å². The summed E-state index contributed by atoms with van der Waals surface area (Å²) in [6, 6.07) is 40.9. The molecule has 0 bridgehead atoms. The van der Waals surface area contributed by atoms with Gasteiger partial charge in [-0.15, -0.1) is 11.3 Å². The van der Waals surface area contributed by atoms with Crippen molar-refractivity contribution >= 4 is 34.5 Å². The zero-order chi connectivity index (χ0) is 28.0. The second-order valence-electron chi connectivity index (χ2n) is 7.70. The average Bonchev–Trinajstić information content (AvgIpc) is 3.48. The number of carbonyl (C=O) groups is 2. The van der Waals surface area contributed by atoms with E-state index in [9.17, 15) is 14.0 Å². The van der Waals surface area contributed by atoms with Crippen LogP contribution in [0.4, 0.5) is 4.39 Å². The van der Waals surface area contributed by atoms with E-state index in [-0.39, 0.29) is 17.4 Å². The van der Waals surface area contributed by atoms with Crippen LogP contribution in [0.1, 0.15) is 39.4 Å². The summed E-state index contributed by atoms with van der Waals surface area (Å²) in [5, 5.41) is 2.69. The number of hydrogen-bond acceptors (Lipinski definition) is 3. The third-order valence-corrected chi connectivity index (χ3v) is 5.68. The van der Waals surface area contributed by atoms with Crippen LogP contribution >= 0.6 is 22.9 Å². The molecule has 38 heavy (non-hydrogen) atoms. The second kappa shape index (κ2) is 20.2. The maximum Gasteiger partial charge on any atom is 0.169 e. The van der Waals surface area contributed by atoms with E-state index in [0.29, 0.717) is 5.56 Å². The van der Waals surface area contributed by atoms with Crippen LogP contribution in [0, 0.1) is 12.7 Å². The summed E-state index contributed by atoms with van der Waals surface area (Å²) in [5.74, 6) is -0.204. The van der Waals surface area contributed by atoms with Crippen LogP contribution in [0.5, 0.6) is 0 Å². The molecule has 2 nitrogen and oxygen atoms in total. The minimum atomic E-state index is -0.315. The van der Waals surface area contributed by atoms with Crippen LogP contribution in [-0.2, 0) is 0 Å². The van der Waals surface area contributed by atoms with Gasteiger partial charge in [-0.05, 0) is 68.6 Å². The Morgan fingerprint density at radius 3 is 1.32 bits per heavy atom. The van der Waals surface area contributed by atoms with E-state index in [1.807, 2.05) is 102 Å². The van der Waals surface area contributed by atoms with Crippen LogP contribution in [0.2, 0.25) is 5.02 Å². The first-order valence-electron chi connectivity index (χ1n) is 11.8. The molecule has 5 rings (SSSR count). The Kier molecular flexibility index (Phi) is 17.1. The zero-order valence-corrected chi connectivity index (χ0v) is 23.3. The van der Waals surface area contributed by atoms with Crippen molar-refractivity contribution in [2.24, 2.45) is 0 Å². The van der Waals surface area contributed by atoms with Crippen LogP contribution in [0.15, 0.2) is 139 Å². The highest BCUT2D eigenvalue weighted by atomic mass is 35.5. The lowest BCUT2D eigenvalue weighted by molar-refractivity contribution is 0.101. The van der Waals surface area contributed by atoms with Gasteiger partial charge in [-0.3, -0.25) is 9.59 Å². The van der Waals surface area contributed by atoms with Crippen molar-refractivity contribution in [3.05, 3.63) is 166 Å². The minimum absolute atomic E-state index is 0.0417. The van der Waals surface area contributed by atoms with E-state index in [0.717, 1.165) is 9.90 Å². The number of hydrogen-bond donors (Lipinski definition) is 0. The SMILES string of the molecule is CC(=O)c1ccc(F)cc1.CC(=O)c1cccs1.Cc1ccccc1.Clc1ccccc1.c1ccccc1. The van der Waals surface area contributed by atoms with Gasteiger partial charge in [0.2, 0.25) is 0 Å². The van der Waals surface area contributed by atoms with Crippen LogP contribution in [0.3, 0.4) is 0 Å². The third-order valence-electron chi connectivity index (χ3n) is 4.46. The van der Waals surface area contributed by atoms with Crippen molar-refractivity contribution in [2.75, 3.05) is 0 Å². The van der Waals surface area contributed by atoms with Gasteiger partial charge in [0.1, 0.15) is 5.82 Å². The molecule has 5 aromatic rings. The normalized spacial score (nSPS) is 8.87. The average molecular weight is 547 g/mol. The molecule has 0 amide bonds. The monoisotopic (exact) mass is 546 g/mol. The Balaban J connectivity index is 0.000000240. The van der Waals surface area contributed by atoms with E-state index in [1.165, 1.54) is 48.1 Å². The molecule has 0 aliphatic heterocycles. The molecule has 0 spiro atoms. The number of benzene rings is 4. The molecule has 5 heteroatoms. The summed E-state index contributed by atoms with van der Waals surface area (Å²) in [6.45, 7) is 5.11. The van der Waals surface area contributed by atoms with Gasteiger partial charge < -0.3 is 0 Å². The van der Waals surface area contributed by atoms with Gasteiger partial charge in [-0.2, -0.15) is 0 Å². The van der Waals surface area contributed by atoms with Crippen molar-refractivity contribution < 1.29 is 14.0 Å². The Morgan fingerprint density at radius 2 is 1.05 bits per heavy atom. The molecule has 0 saturated heterocycles. The van der Waals surface area contributed by atoms with Crippen molar-refractivity contribution in [1.29, 1.82) is 0 Å². The van der Waals surface area contributed by atoms with E-state index in [1.54, 1.807) is 6.92 Å². The summed E-state index contributed by atoms with van der Waals surface area (Å²) in [6.07, 6.45) is 0. The number of halogens is 2. The fourth-order valence-corrected chi connectivity index (χ4v) is 3.27. The number of aryl methyl sites for hydroxylation is 1. The summed E-state index contributed by atoms with van der Waals surface area (Å²) < 4.78 is 12.2. The first-order chi connectivity index (χ1) is 18.3. The lowest BCUT2D eigenvalue weighted by Gasteiger charge is -1.91. The molecule has 0 fully saturated rings. The molecule has 0 radical (unpaired) electrons. The van der Waals surface area contributed by atoms with Crippen LogP contribution < -0.4 is 0 Å². The first-order valence-corrected chi connectivity index (χ1v) is 13.1. The Bertz CT molecular complexity index is 1200. The lowest BCUT2D eigenvalue weighted by atomic mass is 10.1. The largest absolute Gasteiger partial charge is 0.295 e. The molecular weight excluding hydrogens is 515 g/mol. The molecule has 0 N–H and O–H groups in total. The van der Waals surface area contributed by atoms with Crippen LogP contribution in [0.25, 0.3) is 0 Å². The van der Waals surface area contributed by atoms with Gasteiger partial charge in [0, 0.05) is 10.6 Å². The van der Waals surface area contributed by atoms with Crippen molar-refractivity contribution in [3.8, 4) is 0 Å².